The van der Waals surface area contributed by atoms with Crippen molar-refractivity contribution in [3.8, 4) is 5.75 Å². The largest absolute Gasteiger partial charge is 0.507 e. The summed E-state index contributed by atoms with van der Waals surface area (Å²) in [5.74, 6) is -0.277. The third-order valence-electron chi connectivity index (χ3n) is 5.34. The number of ketones is 1. The van der Waals surface area contributed by atoms with Gasteiger partial charge in [0.25, 0.3) is 11.7 Å². The van der Waals surface area contributed by atoms with Gasteiger partial charge in [-0.25, -0.2) is 0 Å². The number of rotatable bonds is 6. The predicted molar refractivity (Wildman–Crippen MR) is 121 cm³/mol. The van der Waals surface area contributed by atoms with Crippen LogP contribution in [0.15, 0.2) is 76.9 Å². The van der Waals surface area contributed by atoms with E-state index < -0.39 is 17.7 Å². The number of aryl methyl sites for hydroxylation is 1. The van der Waals surface area contributed by atoms with E-state index in [1.165, 1.54) is 11.2 Å². The first kappa shape index (κ1) is 21.4. The lowest BCUT2D eigenvalue weighted by molar-refractivity contribution is -0.132. The molecule has 3 aromatic rings. The molecule has 0 radical (unpaired) electrons. The second kappa shape index (κ2) is 8.75. The molecular weight excluding hydrogens is 406 g/mol. The van der Waals surface area contributed by atoms with Gasteiger partial charge in [0, 0.05) is 11.3 Å². The maximum atomic E-state index is 13.1. The number of carbonyl (C=O) groups is 2. The first-order valence-corrected chi connectivity index (χ1v) is 10.5. The Morgan fingerprint density at radius 3 is 2.41 bits per heavy atom. The number of ether oxygens (including phenoxy) is 1. The van der Waals surface area contributed by atoms with Crippen molar-refractivity contribution in [3.05, 3.63) is 89.4 Å². The van der Waals surface area contributed by atoms with Crippen LogP contribution in [0.1, 0.15) is 36.8 Å². The average molecular weight is 431 g/mol. The lowest BCUT2D eigenvalue weighted by Gasteiger charge is -2.24. The van der Waals surface area contributed by atoms with E-state index in [0.717, 1.165) is 5.56 Å². The van der Waals surface area contributed by atoms with Gasteiger partial charge in [-0.2, -0.15) is 0 Å². The molecule has 1 aliphatic heterocycles. The Morgan fingerprint density at radius 1 is 1.06 bits per heavy atom. The number of Topliss-reactive ketones (excluding diaryl/α,β-unsaturated/α-hetero) is 1. The Bertz CT molecular complexity index is 1160. The number of amides is 1. The van der Waals surface area contributed by atoms with Gasteiger partial charge in [0.05, 0.1) is 18.4 Å². The van der Waals surface area contributed by atoms with Crippen LogP contribution in [0.5, 0.6) is 5.75 Å². The zero-order chi connectivity index (χ0) is 22.8. The van der Waals surface area contributed by atoms with Gasteiger partial charge in [0.15, 0.2) is 0 Å². The summed E-state index contributed by atoms with van der Waals surface area (Å²) in [6.45, 7) is 6.56. The SMILES string of the molecule is Cc1ccccc1N1C(=O)C(=O)/C(=C(\O)c2ccc(OCC(C)C)cc2)C1c1ccco1. The molecule has 1 unspecified atom stereocenters. The molecule has 0 saturated carbocycles. The maximum absolute atomic E-state index is 13.1. The molecule has 4 rings (SSSR count). The lowest BCUT2D eigenvalue weighted by Crippen LogP contribution is -2.29. The van der Waals surface area contributed by atoms with Crippen LogP contribution < -0.4 is 9.64 Å². The molecular formula is C26H25NO5. The number of furan rings is 1. The monoisotopic (exact) mass is 431 g/mol. The normalized spacial score (nSPS) is 17.9. The molecule has 6 nitrogen and oxygen atoms in total. The highest BCUT2D eigenvalue weighted by Crippen LogP contribution is 2.43. The molecule has 1 amide bonds. The van der Waals surface area contributed by atoms with Crippen LogP contribution in [-0.4, -0.2) is 23.4 Å². The quantitative estimate of drug-likeness (QED) is 0.328. The third kappa shape index (κ3) is 3.91. The van der Waals surface area contributed by atoms with Gasteiger partial charge in [-0.3, -0.25) is 14.5 Å². The second-order valence-corrected chi connectivity index (χ2v) is 8.20. The van der Waals surface area contributed by atoms with Crippen molar-refractivity contribution < 1.29 is 23.8 Å². The minimum Gasteiger partial charge on any atom is -0.507 e. The Hall–Kier alpha value is -3.80. The van der Waals surface area contributed by atoms with Crippen LogP contribution >= 0.6 is 0 Å². The highest BCUT2D eigenvalue weighted by Gasteiger charge is 2.48. The molecule has 2 aromatic carbocycles. The summed E-state index contributed by atoms with van der Waals surface area (Å²) in [6, 6.07) is 16.6. The van der Waals surface area contributed by atoms with Crippen molar-refractivity contribution in [1.29, 1.82) is 0 Å². The number of para-hydroxylation sites is 1. The lowest BCUT2D eigenvalue weighted by atomic mass is 9.99. The molecule has 1 N–H and O–H groups in total. The van der Waals surface area contributed by atoms with Gasteiger partial charge in [-0.05, 0) is 60.9 Å². The Kier molecular flexibility index (Phi) is 5.86. The zero-order valence-corrected chi connectivity index (χ0v) is 18.2. The first-order chi connectivity index (χ1) is 15.4. The second-order valence-electron chi connectivity index (χ2n) is 8.20. The molecule has 1 saturated heterocycles. The van der Waals surface area contributed by atoms with Crippen molar-refractivity contribution in [3.63, 3.8) is 0 Å². The topological polar surface area (TPSA) is 80.0 Å². The molecule has 6 heteroatoms. The van der Waals surface area contributed by atoms with Crippen molar-refractivity contribution >= 4 is 23.1 Å². The maximum Gasteiger partial charge on any atom is 0.300 e. The van der Waals surface area contributed by atoms with E-state index in [-0.39, 0.29) is 11.3 Å². The predicted octanol–water partition coefficient (Wildman–Crippen LogP) is 5.25. The molecule has 1 aliphatic rings. The summed E-state index contributed by atoms with van der Waals surface area (Å²) in [5, 5.41) is 11.1. The van der Waals surface area contributed by atoms with E-state index in [1.807, 2.05) is 19.1 Å². The van der Waals surface area contributed by atoms with Crippen molar-refractivity contribution in [2.75, 3.05) is 11.5 Å². The van der Waals surface area contributed by atoms with Crippen molar-refractivity contribution in [2.24, 2.45) is 5.92 Å². The van der Waals surface area contributed by atoms with Gasteiger partial charge < -0.3 is 14.3 Å². The van der Waals surface area contributed by atoms with Crippen molar-refractivity contribution in [2.45, 2.75) is 26.8 Å². The highest BCUT2D eigenvalue weighted by molar-refractivity contribution is 6.51. The van der Waals surface area contributed by atoms with Crippen LogP contribution in [0.25, 0.3) is 5.76 Å². The fourth-order valence-electron chi connectivity index (χ4n) is 3.76. The molecule has 1 aromatic heterocycles. The molecule has 0 bridgehead atoms. The van der Waals surface area contributed by atoms with Crippen LogP contribution in [0.3, 0.4) is 0 Å². The number of aliphatic hydroxyl groups excluding tert-OH is 1. The van der Waals surface area contributed by atoms with E-state index in [0.29, 0.717) is 35.3 Å². The van der Waals surface area contributed by atoms with Gasteiger partial charge in [0.1, 0.15) is 23.3 Å². The molecule has 164 valence electrons. The fraction of sp³-hybridized carbons (Fsp3) is 0.231. The zero-order valence-electron chi connectivity index (χ0n) is 18.2. The van der Waals surface area contributed by atoms with Crippen LogP contribution in [0.4, 0.5) is 5.69 Å². The Labute approximate surface area is 186 Å². The summed E-state index contributed by atoms with van der Waals surface area (Å²) in [7, 11) is 0. The average Bonchev–Trinajstić information content (AvgIpc) is 3.40. The molecule has 2 heterocycles. The summed E-state index contributed by atoms with van der Waals surface area (Å²) in [5.41, 5.74) is 1.83. The smallest absolute Gasteiger partial charge is 0.300 e. The number of nitrogens with zero attached hydrogens (tertiary/aromatic N) is 1. The summed E-state index contributed by atoms with van der Waals surface area (Å²) in [6.07, 6.45) is 1.48. The van der Waals surface area contributed by atoms with E-state index in [9.17, 15) is 14.7 Å². The summed E-state index contributed by atoms with van der Waals surface area (Å²) in [4.78, 5) is 27.6. The molecule has 32 heavy (non-hydrogen) atoms. The van der Waals surface area contributed by atoms with Gasteiger partial charge in [0.2, 0.25) is 0 Å². The van der Waals surface area contributed by atoms with Crippen LogP contribution in [0.2, 0.25) is 0 Å². The number of hydrogen-bond acceptors (Lipinski definition) is 5. The third-order valence-corrected chi connectivity index (χ3v) is 5.34. The number of aliphatic hydroxyl groups is 1. The molecule has 1 atom stereocenters. The van der Waals surface area contributed by atoms with Gasteiger partial charge in [-0.15, -0.1) is 0 Å². The van der Waals surface area contributed by atoms with E-state index in [4.69, 9.17) is 9.15 Å². The standard InChI is InChI=1S/C26H25NO5/c1-16(2)15-32-19-12-10-18(11-13-19)24(28)22-23(21-9-6-14-31-21)27(26(30)25(22)29)20-8-5-4-7-17(20)3/h4-14,16,23,28H,15H2,1-3H3/b24-22-. The van der Waals surface area contributed by atoms with Gasteiger partial charge >= 0.3 is 0 Å². The van der Waals surface area contributed by atoms with Crippen LogP contribution in [0, 0.1) is 12.8 Å². The molecule has 0 spiro atoms. The first-order valence-electron chi connectivity index (χ1n) is 10.5. The Balaban J connectivity index is 1.79. The number of anilines is 1. The number of benzene rings is 2. The Morgan fingerprint density at radius 2 is 1.78 bits per heavy atom. The minimum absolute atomic E-state index is 0.0101. The number of carbonyl (C=O) groups excluding carboxylic acids is 2. The van der Waals surface area contributed by atoms with Gasteiger partial charge in [-0.1, -0.05) is 32.0 Å². The summed E-state index contributed by atoms with van der Waals surface area (Å²) < 4.78 is 11.3. The molecule has 0 aliphatic carbocycles. The summed E-state index contributed by atoms with van der Waals surface area (Å²) >= 11 is 0. The van der Waals surface area contributed by atoms with Crippen molar-refractivity contribution in [1.82, 2.24) is 0 Å². The van der Waals surface area contributed by atoms with Crippen LogP contribution in [-0.2, 0) is 9.59 Å². The highest BCUT2D eigenvalue weighted by atomic mass is 16.5. The van der Waals surface area contributed by atoms with E-state index in [2.05, 4.69) is 13.8 Å². The molecule has 1 fully saturated rings. The minimum atomic E-state index is -0.872. The fourth-order valence-corrected chi connectivity index (χ4v) is 3.76. The number of hydrogen-bond donors (Lipinski definition) is 1. The van der Waals surface area contributed by atoms with E-state index in [1.54, 1.807) is 48.5 Å². The van der Waals surface area contributed by atoms with E-state index >= 15 is 0 Å².